The highest BCUT2D eigenvalue weighted by Crippen LogP contribution is 2.32. The number of amides is 1. The van der Waals surface area contributed by atoms with Gasteiger partial charge in [-0.3, -0.25) is 14.6 Å². The maximum atomic E-state index is 13.3. The first kappa shape index (κ1) is 22.7. The second-order valence-electron chi connectivity index (χ2n) is 8.80. The molecule has 6 aromatic rings. The summed E-state index contributed by atoms with van der Waals surface area (Å²) in [4.78, 5) is 38.2. The maximum Gasteiger partial charge on any atom is 0.258 e. The normalized spacial score (nSPS) is 11.4. The van der Waals surface area contributed by atoms with Crippen molar-refractivity contribution in [2.75, 3.05) is 11.1 Å². The lowest BCUT2D eigenvalue weighted by molar-refractivity contribution is 0.0926. The Morgan fingerprint density at radius 2 is 1.95 bits per heavy atom. The molecule has 9 nitrogen and oxygen atoms in total. The zero-order valence-corrected chi connectivity index (χ0v) is 20.8. The van der Waals surface area contributed by atoms with Crippen molar-refractivity contribution in [2.24, 2.45) is 0 Å². The van der Waals surface area contributed by atoms with Gasteiger partial charge in [0.15, 0.2) is 0 Å². The van der Waals surface area contributed by atoms with E-state index in [2.05, 4.69) is 25.4 Å². The predicted molar refractivity (Wildman–Crippen MR) is 145 cm³/mol. The third-order valence-corrected chi connectivity index (χ3v) is 7.40. The van der Waals surface area contributed by atoms with Crippen LogP contribution in [0.2, 0.25) is 0 Å². The Bertz CT molecular complexity index is 1870. The number of benzene rings is 2. The van der Waals surface area contributed by atoms with E-state index in [-0.39, 0.29) is 11.8 Å². The molecule has 3 N–H and O–H groups in total. The van der Waals surface area contributed by atoms with E-state index in [1.807, 2.05) is 43.3 Å². The maximum absolute atomic E-state index is 13.3. The van der Waals surface area contributed by atoms with Crippen molar-refractivity contribution in [2.45, 2.75) is 20.3 Å². The Labute approximate surface area is 215 Å². The standard InChI is InChI=1S/C27H21N7O2S/c1-14-3-6-18-19(23(14)33-27(36)20-12-37-25-24(20)30-13-31-26(25)28)7-8-29-21(18)9-16-4-5-17-11-32-34(15(2)35)22(17)10-16/h3-8,10-13H,9H2,1-2H3,(H,33,36)(H2,28,30,31). The first-order valence-corrected chi connectivity index (χ1v) is 12.4. The minimum Gasteiger partial charge on any atom is -0.382 e. The topological polar surface area (TPSA) is 129 Å². The summed E-state index contributed by atoms with van der Waals surface area (Å²) in [7, 11) is 0. The molecule has 0 unspecified atom stereocenters. The van der Waals surface area contributed by atoms with E-state index in [0.717, 1.165) is 44.2 Å². The molecule has 0 fully saturated rings. The van der Waals surface area contributed by atoms with Crippen LogP contribution in [0.1, 0.15) is 38.9 Å². The van der Waals surface area contributed by atoms with Crippen LogP contribution in [-0.4, -0.2) is 36.5 Å². The smallest absolute Gasteiger partial charge is 0.258 e. The second kappa shape index (κ2) is 8.75. The molecule has 0 radical (unpaired) electrons. The van der Waals surface area contributed by atoms with Crippen LogP contribution in [0.5, 0.6) is 0 Å². The van der Waals surface area contributed by atoms with Crippen molar-refractivity contribution in [1.29, 1.82) is 0 Å². The van der Waals surface area contributed by atoms with Gasteiger partial charge in [-0.05, 0) is 30.2 Å². The monoisotopic (exact) mass is 507 g/mol. The number of carbonyl (C=O) groups excluding carboxylic acids is 2. The summed E-state index contributed by atoms with van der Waals surface area (Å²) in [6.45, 7) is 3.45. The van der Waals surface area contributed by atoms with Crippen molar-refractivity contribution in [3.8, 4) is 0 Å². The summed E-state index contributed by atoms with van der Waals surface area (Å²) in [5.74, 6) is -0.0456. The molecule has 10 heteroatoms. The molecule has 0 saturated heterocycles. The largest absolute Gasteiger partial charge is 0.382 e. The second-order valence-corrected chi connectivity index (χ2v) is 9.68. The van der Waals surface area contributed by atoms with Crippen LogP contribution in [0, 0.1) is 6.92 Å². The van der Waals surface area contributed by atoms with Crippen LogP contribution in [0.4, 0.5) is 11.5 Å². The number of nitrogens with two attached hydrogens (primary N) is 1. The summed E-state index contributed by atoms with van der Waals surface area (Å²) in [6, 6.07) is 11.8. The van der Waals surface area contributed by atoms with Gasteiger partial charge in [0.25, 0.3) is 5.91 Å². The number of pyridine rings is 1. The fourth-order valence-electron chi connectivity index (χ4n) is 4.56. The molecular formula is C27H21N7O2S. The molecule has 0 aliphatic rings. The number of aromatic nitrogens is 5. The first-order chi connectivity index (χ1) is 17.9. The highest BCUT2D eigenvalue weighted by Gasteiger charge is 2.18. The number of hydrogen-bond acceptors (Lipinski definition) is 8. The summed E-state index contributed by atoms with van der Waals surface area (Å²) in [5.41, 5.74) is 11.2. The van der Waals surface area contributed by atoms with E-state index in [9.17, 15) is 9.59 Å². The fourth-order valence-corrected chi connectivity index (χ4v) is 5.46. The molecule has 6 rings (SSSR count). The Morgan fingerprint density at radius 1 is 1.08 bits per heavy atom. The van der Waals surface area contributed by atoms with E-state index in [1.165, 1.54) is 29.3 Å². The molecule has 37 heavy (non-hydrogen) atoms. The molecule has 0 aliphatic carbocycles. The number of fused-ring (bicyclic) bond motifs is 3. The van der Waals surface area contributed by atoms with Crippen LogP contribution in [0.15, 0.2) is 60.5 Å². The van der Waals surface area contributed by atoms with Gasteiger partial charge < -0.3 is 11.1 Å². The zero-order chi connectivity index (χ0) is 25.7. The minimum absolute atomic E-state index is 0.140. The number of nitrogens with one attached hydrogen (secondary N) is 1. The lowest BCUT2D eigenvalue weighted by Crippen LogP contribution is -2.13. The number of hydrogen-bond donors (Lipinski definition) is 2. The van der Waals surface area contributed by atoms with E-state index < -0.39 is 0 Å². The third kappa shape index (κ3) is 3.87. The number of carbonyl (C=O) groups is 2. The van der Waals surface area contributed by atoms with Crippen molar-refractivity contribution in [3.63, 3.8) is 0 Å². The molecule has 0 aliphatic heterocycles. The fraction of sp³-hybridized carbons (Fsp3) is 0.111. The number of rotatable bonds is 4. The number of nitrogens with zero attached hydrogens (tertiary/aromatic N) is 5. The van der Waals surface area contributed by atoms with Gasteiger partial charge >= 0.3 is 0 Å². The van der Waals surface area contributed by atoms with Gasteiger partial charge in [0.2, 0.25) is 5.91 Å². The lowest BCUT2D eigenvalue weighted by Gasteiger charge is -2.14. The van der Waals surface area contributed by atoms with Gasteiger partial charge in [-0.1, -0.05) is 24.3 Å². The molecule has 182 valence electrons. The molecule has 1 amide bonds. The highest BCUT2D eigenvalue weighted by molar-refractivity contribution is 7.18. The number of aryl methyl sites for hydroxylation is 1. The van der Waals surface area contributed by atoms with E-state index in [0.29, 0.717) is 28.0 Å². The van der Waals surface area contributed by atoms with Crippen LogP contribution in [-0.2, 0) is 6.42 Å². The summed E-state index contributed by atoms with van der Waals surface area (Å²) >= 11 is 1.35. The van der Waals surface area contributed by atoms with Crippen LogP contribution in [0.25, 0.3) is 31.9 Å². The molecule has 2 aromatic carbocycles. The highest BCUT2D eigenvalue weighted by atomic mass is 32.1. The van der Waals surface area contributed by atoms with Gasteiger partial charge in [-0.2, -0.15) is 5.10 Å². The lowest BCUT2D eigenvalue weighted by atomic mass is 9.99. The Morgan fingerprint density at radius 3 is 2.78 bits per heavy atom. The molecular weight excluding hydrogens is 486 g/mol. The van der Waals surface area contributed by atoms with E-state index >= 15 is 0 Å². The van der Waals surface area contributed by atoms with Gasteiger partial charge in [-0.25, -0.2) is 14.6 Å². The molecule has 0 bridgehead atoms. The van der Waals surface area contributed by atoms with Gasteiger partial charge in [-0.15, -0.1) is 11.3 Å². The Hall–Kier alpha value is -4.70. The summed E-state index contributed by atoms with van der Waals surface area (Å²) < 4.78 is 2.09. The zero-order valence-electron chi connectivity index (χ0n) is 20.0. The molecule has 0 atom stereocenters. The van der Waals surface area contributed by atoms with Crippen molar-refractivity contribution in [3.05, 3.63) is 82.9 Å². The number of nitrogen functional groups attached to an aromatic ring is 1. The molecule has 0 saturated carbocycles. The number of thiophene rings is 1. The quantitative estimate of drug-likeness (QED) is 0.344. The first-order valence-electron chi connectivity index (χ1n) is 11.5. The van der Waals surface area contributed by atoms with Crippen molar-refractivity contribution in [1.82, 2.24) is 24.7 Å². The van der Waals surface area contributed by atoms with E-state index in [4.69, 9.17) is 5.73 Å². The minimum atomic E-state index is -0.263. The molecule has 4 aromatic heterocycles. The third-order valence-electron chi connectivity index (χ3n) is 6.41. The van der Waals surface area contributed by atoms with Crippen molar-refractivity contribution < 1.29 is 9.59 Å². The van der Waals surface area contributed by atoms with Crippen LogP contribution >= 0.6 is 11.3 Å². The molecule has 4 heterocycles. The van der Waals surface area contributed by atoms with E-state index in [1.54, 1.807) is 17.8 Å². The van der Waals surface area contributed by atoms with Gasteiger partial charge in [0.1, 0.15) is 12.1 Å². The SMILES string of the molecule is CC(=O)n1ncc2ccc(Cc3nccc4c(NC(=O)c5csc6c(N)ncnc56)c(C)ccc34)cc21. The van der Waals surface area contributed by atoms with Gasteiger partial charge in [0, 0.05) is 41.1 Å². The van der Waals surface area contributed by atoms with Crippen LogP contribution < -0.4 is 11.1 Å². The summed E-state index contributed by atoms with van der Waals surface area (Å²) in [5, 5.41) is 11.8. The van der Waals surface area contributed by atoms with Crippen molar-refractivity contribution >= 4 is 66.5 Å². The molecule has 0 spiro atoms. The number of anilines is 2. The average molecular weight is 508 g/mol. The van der Waals surface area contributed by atoms with Crippen LogP contribution in [0.3, 0.4) is 0 Å². The Balaban J connectivity index is 1.38. The van der Waals surface area contributed by atoms with Gasteiger partial charge in [0.05, 0.1) is 38.9 Å². The average Bonchev–Trinajstić information content (AvgIpc) is 3.51. The predicted octanol–water partition coefficient (Wildman–Crippen LogP) is 4.98. The Kier molecular flexibility index (Phi) is 5.38. The summed E-state index contributed by atoms with van der Waals surface area (Å²) in [6.07, 6.45) is 5.35.